The highest BCUT2D eigenvalue weighted by Gasteiger charge is 2.26. The lowest BCUT2D eigenvalue weighted by Gasteiger charge is -2.36. The number of imidazole rings is 1. The minimum atomic E-state index is -0.288. The van der Waals surface area contributed by atoms with E-state index in [2.05, 4.69) is 44.8 Å². The first-order valence-electron chi connectivity index (χ1n) is 11.2. The number of anilines is 1. The normalized spacial score (nSPS) is 14.6. The van der Waals surface area contributed by atoms with E-state index in [1.807, 2.05) is 36.2 Å². The van der Waals surface area contributed by atoms with Crippen LogP contribution in [0.3, 0.4) is 0 Å². The monoisotopic (exact) mass is 446 g/mol. The number of nitrogens with one attached hydrogen (secondary N) is 2. The summed E-state index contributed by atoms with van der Waals surface area (Å²) in [4.78, 5) is 33.3. The Morgan fingerprint density at radius 3 is 2.58 bits per heavy atom. The zero-order chi connectivity index (χ0) is 23.2. The number of piperidine rings is 1. The quantitative estimate of drug-likeness (QED) is 0.623. The van der Waals surface area contributed by atoms with Crippen molar-refractivity contribution in [2.24, 2.45) is 0 Å². The van der Waals surface area contributed by atoms with Crippen LogP contribution >= 0.6 is 0 Å². The number of benzene rings is 2. The van der Waals surface area contributed by atoms with Crippen molar-refractivity contribution >= 4 is 17.7 Å². The maximum atomic E-state index is 13.1. The summed E-state index contributed by atoms with van der Waals surface area (Å²) in [7, 11) is 3.43. The van der Waals surface area contributed by atoms with Crippen molar-refractivity contribution < 1.29 is 9.59 Å². The molecule has 3 aromatic rings. The van der Waals surface area contributed by atoms with Gasteiger partial charge in [-0.25, -0.2) is 14.6 Å². The Hall–Kier alpha value is -3.65. The van der Waals surface area contributed by atoms with E-state index in [0.717, 1.165) is 38.0 Å². The second-order valence-electron chi connectivity index (χ2n) is 8.34. The van der Waals surface area contributed by atoms with E-state index < -0.39 is 0 Å². The predicted octanol–water partition coefficient (Wildman–Crippen LogP) is 3.87. The molecule has 172 valence electrons. The maximum absolute atomic E-state index is 13.1. The second-order valence-corrected chi connectivity index (χ2v) is 8.34. The van der Waals surface area contributed by atoms with E-state index in [9.17, 15) is 9.59 Å². The van der Waals surface area contributed by atoms with Gasteiger partial charge < -0.3 is 15.5 Å². The fourth-order valence-corrected chi connectivity index (χ4v) is 4.17. The first-order chi connectivity index (χ1) is 16.0. The number of nitrogens with zero attached hydrogens (tertiary/aromatic N) is 4. The number of urea groups is 1. The van der Waals surface area contributed by atoms with Gasteiger partial charge in [0, 0.05) is 57.2 Å². The fraction of sp³-hybridized carbons (Fsp3) is 0.320. The third-order valence-corrected chi connectivity index (χ3v) is 6.10. The fourth-order valence-electron chi connectivity index (χ4n) is 4.17. The molecule has 0 unspecified atom stereocenters. The van der Waals surface area contributed by atoms with Gasteiger partial charge in [0.15, 0.2) is 0 Å². The number of aromatic nitrogens is 2. The van der Waals surface area contributed by atoms with Crippen molar-refractivity contribution in [1.82, 2.24) is 24.7 Å². The smallest absolute Gasteiger partial charge is 0.329 e. The van der Waals surface area contributed by atoms with Crippen LogP contribution in [0.5, 0.6) is 0 Å². The summed E-state index contributed by atoms with van der Waals surface area (Å²) in [6, 6.07) is 17.7. The Morgan fingerprint density at radius 2 is 1.85 bits per heavy atom. The van der Waals surface area contributed by atoms with Crippen molar-refractivity contribution in [3.05, 3.63) is 72.7 Å². The summed E-state index contributed by atoms with van der Waals surface area (Å²) in [5, 5.41) is 5.27. The summed E-state index contributed by atoms with van der Waals surface area (Å²) in [5.41, 5.74) is 3.48. The predicted molar refractivity (Wildman–Crippen MR) is 129 cm³/mol. The topological polar surface area (TPSA) is 82.5 Å². The summed E-state index contributed by atoms with van der Waals surface area (Å²) in [5.74, 6) is 0. The van der Waals surface area contributed by atoms with E-state index in [-0.39, 0.29) is 18.1 Å². The zero-order valence-electron chi connectivity index (χ0n) is 19.1. The molecule has 0 spiro atoms. The SMILES string of the molecule is CNC(=O)Nc1cccc(-c2cn(C(=O)N(C)C3CCN(Cc4ccccc4)CC3)cn2)c1. The van der Waals surface area contributed by atoms with Crippen molar-refractivity contribution in [2.45, 2.75) is 25.4 Å². The third kappa shape index (κ3) is 5.59. The number of rotatable bonds is 5. The molecule has 2 aromatic carbocycles. The summed E-state index contributed by atoms with van der Waals surface area (Å²) in [6.45, 7) is 2.89. The van der Waals surface area contributed by atoms with Crippen molar-refractivity contribution in [3.63, 3.8) is 0 Å². The molecular formula is C25H30N6O2. The molecule has 1 saturated heterocycles. The highest BCUT2D eigenvalue weighted by Crippen LogP contribution is 2.22. The molecule has 0 saturated carbocycles. The van der Waals surface area contributed by atoms with Crippen LogP contribution in [0.15, 0.2) is 67.1 Å². The number of hydrogen-bond donors (Lipinski definition) is 2. The molecule has 1 aliphatic heterocycles. The standard InChI is InChI=1S/C25H30N6O2/c1-26-24(32)28-21-10-6-9-20(15-21)23-17-31(18-27-23)25(33)29(2)22-11-13-30(14-12-22)16-19-7-4-3-5-8-19/h3-10,15,17-18,22H,11-14,16H2,1-2H3,(H2,26,28,32). The first-order valence-corrected chi connectivity index (χ1v) is 11.2. The summed E-state index contributed by atoms with van der Waals surface area (Å²) >= 11 is 0. The lowest BCUT2D eigenvalue weighted by Crippen LogP contribution is -2.46. The highest BCUT2D eigenvalue weighted by molar-refractivity contribution is 5.89. The molecule has 0 aliphatic carbocycles. The Bertz CT molecular complexity index is 1090. The molecule has 1 aromatic heterocycles. The van der Waals surface area contributed by atoms with Crippen molar-refractivity contribution in [2.75, 3.05) is 32.5 Å². The van der Waals surface area contributed by atoms with Gasteiger partial charge >= 0.3 is 12.1 Å². The van der Waals surface area contributed by atoms with Gasteiger partial charge in [0.2, 0.25) is 0 Å². The van der Waals surface area contributed by atoms with Crippen molar-refractivity contribution in [3.8, 4) is 11.3 Å². The van der Waals surface area contributed by atoms with Crippen LogP contribution in [0, 0.1) is 0 Å². The zero-order valence-corrected chi connectivity index (χ0v) is 19.1. The minimum absolute atomic E-state index is 0.0881. The molecule has 0 radical (unpaired) electrons. The summed E-state index contributed by atoms with van der Waals surface area (Å²) in [6.07, 6.45) is 5.19. The lowest BCUT2D eigenvalue weighted by atomic mass is 10.0. The van der Waals surface area contributed by atoms with Crippen LogP contribution in [0.4, 0.5) is 15.3 Å². The largest absolute Gasteiger partial charge is 0.341 e. The van der Waals surface area contributed by atoms with Gasteiger partial charge in [-0.05, 0) is 30.5 Å². The summed E-state index contributed by atoms with van der Waals surface area (Å²) < 4.78 is 1.53. The molecule has 33 heavy (non-hydrogen) atoms. The van der Waals surface area contributed by atoms with Crippen molar-refractivity contribution in [1.29, 1.82) is 0 Å². The van der Waals surface area contributed by atoms with E-state index >= 15 is 0 Å². The number of carbonyl (C=O) groups excluding carboxylic acids is 2. The molecule has 0 atom stereocenters. The Balaban J connectivity index is 1.35. The van der Waals surface area contributed by atoms with Crippen LogP contribution in [-0.2, 0) is 6.54 Å². The van der Waals surface area contributed by atoms with E-state index in [1.54, 1.807) is 25.6 Å². The molecule has 1 fully saturated rings. The molecular weight excluding hydrogens is 416 g/mol. The highest BCUT2D eigenvalue weighted by atomic mass is 16.2. The van der Waals surface area contributed by atoms with E-state index in [0.29, 0.717) is 11.4 Å². The van der Waals surface area contributed by atoms with Gasteiger partial charge in [-0.1, -0.05) is 42.5 Å². The Labute approximate surface area is 194 Å². The van der Waals surface area contributed by atoms with Gasteiger partial charge in [0.25, 0.3) is 0 Å². The molecule has 2 N–H and O–H groups in total. The van der Waals surface area contributed by atoms with Crippen LogP contribution in [0.25, 0.3) is 11.3 Å². The van der Waals surface area contributed by atoms with Gasteiger partial charge in [-0.15, -0.1) is 0 Å². The minimum Gasteiger partial charge on any atom is -0.341 e. The van der Waals surface area contributed by atoms with E-state index in [1.165, 1.54) is 10.1 Å². The molecule has 8 heteroatoms. The van der Waals surface area contributed by atoms with Gasteiger partial charge in [-0.3, -0.25) is 9.47 Å². The molecule has 2 heterocycles. The Morgan fingerprint density at radius 1 is 1.09 bits per heavy atom. The van der Waals surface area contributed by atoms with Crippen LogP contribution in [0.2, 0.25) is 0 Å². The average molecular weight is 447 g/mol. The van der Waals surface area contributed by atoms with Crippen LogP contribution in [0.1, 0.15) is 18.4 Å². The van der Waals surface area contributed by atoms with Gasteiger partial charge in [0.1, 0.15) is 6.33 Å². The maximum Gasteiger partial charge on any atom is 0.329 e. The third-order valence-electron chi connectivity index (χ3n) is 6.10. The lowest BCUT2D eigenvalue weighted by molar-refractivity contribution is 0.132. The number of carbonyl (C=O) groups is 2. The molecule has 0 bridgehead atoms. The number of hydrogen-bond acceptors (Lipinski definition) is 4. The van der Waals surface area contributed by atoms with Crippen LogP contribution in [-0.4, -0.2) is 64.6 Å². The molecule has 1 aliphatic rings. The van der Waals surface area contributed by atoms with Crippen LogP contribution < -0.4 is 10.6 Å². The average Bonchev–Trinajstić information content (AvgIpc) is 3.35. The molecule has 8 nitrogen and oxygen atoms in total. The van der Waals surface area contributed by atoms with Gasteiger partial charge in [-0.2, -0.15) is 0 Å². The molecule has 3 amide bonds. The molecule has 4 rings (SSSR count). The Kier molecular flexibility index (Phi) is 7.04. The van der Waals surface area contributed by atoms with E-state index in [4.69, 9.17) is 0 Å². The number of likely N-dealkylation sites (tertiary alicyclic amines) is 1. The first kappa shape index (κ1) is 22.5. The number of amides is 3. The van der Waals surface area contributed by atoms with Gasteiger partial charge in [0.05, 0.1) is 5.69 Å². The second kappa shape index (κ2) is 10.3.